The third kappa shape index (κ3) is 5.07. The van der Waals surface area contributed by atoms with E-state index in [4.69, 9.17) is 9.47 Å². The number of anilines is 4. The first kappa shape index (κ1) is 28.9. The van der Waals surface area contributed by atoms with Crippen molar-refractivity contribution < 1.29 is 28.6 Å². The molecule has 5 aromatic rings. The molecule has 0 bridgehead atoms. The van der Waals surface area contributed by atoms with E-state index in [-0.39, 0.29) is 12.7 Å². The first-order chi connectivity index (χ1) is 21.6. The second kappa shape index (κ2) is 10.9. The Kier molecular flexibility index (Phi) is 7.01. The topological polar surface area (TPSA) is 99.5 Å². The summed E-state index contributed by atoms with van der Waals surface area (Å²) in [6.45, 7) is 2.07. The molecule has 7 rings (SSSR count). The number of aryl methyl sites for hydroxylation is 1. The van der Waals surface area contributed by atoms with E-state index in [0.29, 0.717) is 33.9 Å². The number of para-hydroxylation sites is 1. The number of hydrogen-bond donors (Lipinski definition) is 2. The van der Waals surface area contributed by atoms with Gasteiger partial charge < -0.3 is 29.1 Å². The molecule has 1 atom stereocenters. The van der Waals surface area contributed by atoms with Crippen LogP contribution in [0.2, 0.25) is 0 Å². The number of benzene rings is 5. The number of nitrogens with zero attached hydrogens (tertiary/aromatic N) is 2. The minimum Gasteiger partial charge on any atom is -0.456 e. The Morgan fingerprint density at radius 1 is 0.711 bits per heavy atom. The van der Waals surface area contributed by atoms with Crippen LogP contribution in [0.1, 0.15) is 32.6 Å². The average Bonchev–Trinajstić information content (AvgIpc) is 3.34. The normalized spacial score (nSPS) is 16.3. The minimum atomic E-state index is -4.27. The van der Waals surface area contributed by atoms with E-state index < -0.39 is 19.2 Å². The Bertz CT molecular complexity index is 1970. The third-order valence-electron chi connectivity index (χ3n) is 8.48. The first-order valence-electron chi connectivity index (χ1n) is 14.6. The maximum atomic E-state index is 13.4. The Morgan fingerprint density at radius 3 is 2.16 bits per heavy atom. The summed E-state index contributed by atoms with van der Waals surface area (Å²) in [6, 6.07) is 36.6. The highest BCUT2D eigenvalue weighted by molar-refractivity contribution is 7.51. The fourth-order valence-electron chi connectivity index (χ4n) is 6.19. The lowest BCUT2D eigenvalue weighted by atomic mass is 9.77. The van der Waals surface area contributed by atoms with Gasteiger partial charge in [-0.2, -0.15) is 0 Å². The molecule has 226 valence electrons. The molecule has 2 aliphatic heterocycles. The molecule has 2 N–H and O–H groups in total. The van der Waals surface area contributed by atoms with Gasteiger partial charge in [0.25, 0.3) is 0 Å². The van der Waals surface area contributed by atoms with Crippen molar-refractivity contribution in [3.8, 4) is 11.5 Å². The largest absolute Gasteiger partial charge is 0.456 e. The van der Waals surface area contributed by atoms with E-state index in [0.717, 1.165) is 28.2 Å². The van der Waals surface area contributed by atoms with Gasteiger partial charge in [0.1, 0.15) is 11.5 Å². The zero-order valence-corrected chi connectivity index (χ0v) is 25.6. The molecular formula is C36H31N2O6P. The van der Waals surface area contributed by atoms with Gasteiger partial charge >= 0.3 is 13.6 Å². The summed E-state index contributed by atoms with van der Waals surface area (Å²) >= 11 is 0. The van der Waals surface area contributed by atoms with Crippen LogP contribution in [0.3, 0.4) is 0 Å². The number of fused-ring (bicyclic) bond motifs is 6. The van der Waals surface area contributed by atoms with Crippen LogP contribution in [0.25, 0.3) is 0 Å². The van der Waals surface area contributed by atoms with Crippen LogP contribution < -0.4 is 14.5 Å². The number of ether oxygens (including phenoxy) is 2. The Labute approximate surface area is 261 Å². The molecule has 0 aromatic heterocycles. The number of carbonyl (C=O) groups is 1. The first-order valence-corrected chi connectivity index (χ1v) is 16.4. The van der Waals surface area contributed by atoms with Crippen molar-refractivity contribution in [2.24, 2.45) is 0 Å². The summed E-state index contributed by atoms with van der Waals surface area (Å²) in [6.07, 6.45) is -0.325. The highest BCUT2D eigenvalue weighted by atomic mass is 31.2. The van der Waals surface area contributed by atoms with Crippen molar-refractivity contribution in [3.05, 3.63) is 143 Å². The molecule has 2 aliphatic rings. The highest BCUT2D eigenvalue weighted by Crippen LogP contribution is 2.57. The molecule has 8 nitrogen and oxygen atoms in total. The van der Waals surface area contributed by atoms with Gasteiger partial charge in [-0.3, -0.25) is 4.57 Å². The maximum Gasteiger partial charge on any atom is 0.340 e. The molecule has 45 heavy (non-hydrogen) atoms. The second-order valence-electron chi connectivity index (χ2n) is 11.3. The van der Waals surface area contributed by atoms with Gasteiger partial charge in [-0.1, -0.05) is 54.1 Å². The van der Waals surface area contributed by atoms with E-state index >= 15 is 0 Å². The number of esters is 1. The van der Waals surface area contributed by atoms with Gasteiger partial charge in [0.2, 0.25) is 0 Å². The summed E-state index contributed by atoms with van der Waals surface area (Å²) in [5.74, 6) is 0.617. The van der Waals surface area contributed by atoms with Gasteiger partial charge in [-0.05, 0) is 67.6 Å². The Balaban J connectivity index is 1.39. The fraction of sp³-hybridized carbons (Fsp3) is 0.139. The predicted molar refractivity (Wildman–Crippen MR) is 174 cm³/mol. The standard InChI is InChI=1S/C36H31N2O6P/c1-24-12-14-26(15-13-24)38(20-21-45(40,41)42)28-16-18-31-34(23-28)43-33-19-17-27(37(2)25-8-4-3-5-9-25)22-32(33)36(31)30-11-7-6-10-29(30)35(39)44-36/h3-19,22-23H,20-21H2,1-2H3,(H2,40,41,42). The molecule has 0 radical (unpaired) electrons. The molecular weight excluding hydrogens is 587 g/mol. The van der Waals surface area contributed by atoms with Crippen LogP contribution in [0.4, 0.5) is 22.7 Å². The summed E-state index contributed by atoms with van der Waals surface area (Å²) in [4.78, 5) is 36.7. The number of hydrogen-bond acceptors (Lipinski definition) is 6. The molecule has 1 unspecified atom stereocenters. The van der Waals surface area contributed by atoms with Crippen molar-refractivity contribution in [2.75, 3.05) is 29.6 Å². The molecule has 9 heteroatoms. The van der Waals surface area contributed by atoms with Crippen LogP contribution >= 0.6 is 7.60 Å². The van der Waals surface area contributed by atoms with Crippen LogP contribution in [-0.4, -0.2) is 35.5 Å². The lowest BCUT2D eigenvalue weighted by Crippen LogP contribution is -2.33. The highest BCUT2D eigenvalue weighted by Gasteiger charge is 2.53. The van der Waals surface area contributed by atoms with Crippen LogP contribution in [0, 0.1) is 6.92 Å². The van der Waals surface area contributed by atoms with E-state index in [1.54, 1.807) is 6.07 Å². The van der Waals surface area contributed by atoms with E-state index in [1.165, 1.54) is 0 Å². The summed E-state index contributed by atoms with van der Waals surface area (Å²) < 4.78 is 24.8. The van der Waals surface area contributed by atoms with Crippen molar-refractivity contribution in [2.45, 2.75) is 12.5 Å². The van der Waals surface area contributed by atoms with Gasteiger partial charge in [-0.15, -0.1) is 0 Å². The van der Waals surface area contributed by atoms with Crippen molar-refractivity contribution in [3.63, 3.8) is 0 Å². The van der Waals surface area contributed by atoms with Crippen molar-refractivity contribution in [1.29, 1.82) is 0 Å². The third-order valence-corrected chi connectivity index (χ3v) is 9.26. The van der Waals surface area contributed by atoms with Crippen LogP contribution in [0.5, 0.6) is 11.5 Å². The quantitative estimate of drug-likeness (QED) is 0.142. The van der Waals surface area contributed by atoms with Gasteiger partial charge in [0.15, 0.2) is 5.60 Å². The lowest BCUT2D eigenvalue weighted by Gasteiger charge is -2.38. The second-order valence-corrected chi connectivity index (χ2v) is 13.1. The molecule has 0 amide bonds. The van der Waals surface area contributed by atoms with E-state index in [2.05, 4.69) is 4.90 Å². The maximum absolute atomic E-state index is 13.4. The number of rotatable bonds is 7. The molecule has 0 fully saturated rings. The average molecular weight is 619 g/mol. The van der Waals surface area contributed by atoms with Crippen LogP contribution in [-0.2, 0) is 14.9 Å². The lowest BCUT2D eigenvalue weighted by molar-refractivity contribution is 0.0224. The van der Waals surface area contributed by atoms with E-state index in [1.807, 2.05) is 128 Å². The zero-order valence-electron chi connectivity index (χ0n) is 24.8. The minimum absolute atomic E-state index is 0.0842. The molecule has 1 spiro atoms. The van der Waals surface area contributed by atoms with Crippen molar-refractivity contribution in [1.82, 2.24) is 0 Å². The number of carbonyl (C=O) groups excluding carboxylic acids is 1. The SMILES string of the molecule is Cc1ccc(N(CCP(=O)(O)O)c2ccc3c(c2)Oc2ccc(N(C)c4ccccc4)cc2C32OC(=O)c3ccccc32)cc1. The van der Waals surface area contributed by atoms with Crippen molar-refractivity contribution >= 4 is 36.3 Å². The molecule has 0 aliphatic carbocycles. The predicted octanol–water partition coefficient (Wildman–Crippen LogP) is 7.65. The monoisotopic (exact) mass is 618 g/mol. The molecule has 0 saturated heterocycles. The van der Waals surface area contributed by atoms with Gasteiger partial charge in [-0.25, -0.2) is 4.79 Å². The molecule has 0 saturated carbocycles. The Morgan fingerprint density at radius 2 is 1.40 bits per heavy atom. The van der Waals surface area contributed by atoms with E-state index in [9.17, 15) is 19.1 Å². The molecule has 5 aromatic carbocycles. The summed E-state index contributed by atoms with van der Waals surface area (Å²) in [5.41, 5.74) is 5.76. The van der Waals surface area contributed by atoms with Gasteiger partial charge in [0, 0.05) is 59.1 Å². The zero-order chi connectivity index (χ0) is 31.3. The summed E-state index contributed by atoms with van der Waals surface area (Å²) in [7, 11) is -2.29. The van der Waals surface area contributed by atoms with Crippen LogP contribution in [0.15, 0.2) is 115 Å². The van der Waals surface area contributed by atoms with Gasteiger partial charge in [0.05, 0.1) is 11.7 Å². The Hall–Kier alpha value is -4.88. The fourth-order valence-corrected chi connectivity index (χ4v) is 6.65. The smallest absolute Gasteiger partial charge is 0.340 e. The molecule has 2 heterocycles. The summed E-state index contributed by atoms with van der Waals surface area (Å²) in [5, 5.41) is 0.